The number of rotatable bonds is 6. The van der Waals surface area contributed by atoms with Crippen LogP contribution in [-0.4, -0.2) is 61.0 Å². The highest BCUT2D eigenvalue weighted by Gasteiger charge is 2.28. The number of aliphatic hydroxyl groups excluding tert-OH is 1. The first-order chi connectivity index (χ1) is 17.4. The fourth-order valence-electron chi connectivity index (χ4n) is 5.82. The lowest BCUT2D eigenvalue weighted by molar-refractivity contribution is -0.00729. The summed E-state index contributed by atoms with van der Waals surface area (Å²) in [6, 6.07) is 6.21. The van der Waals surface area contributed by atoms with Gasteiger partial charge in [-0.05, 0) is 81.2 Å². The molecule has 1 aromatic carbocycles. The molecule has 0 atom stereocenters. The van der Waals surface area contributed by atoms with Crippen LogP contribution in [0.25, 0.3) is 21.8 Å². The molecule has 0 unspecified atom stereocenters. The van der Waals surface area contributed by atoms with Crippen molar-refractivity contribution in [1.29, 1.82) is 0 Å². The van der Waals surface area contributed by atoms with Crippen molar-refractivity contribution in [2.75, 3.05) is 25.0 Å². The molecule has 3 heterocycles. The van der Waals surface area contributed by atoms with Crippen LogP contribution in [0.5, 0.6) is 0 Å². The number of nitrogens with one attached hydrogen (secondary N) is 1. The number of hydrogen-bond donors (Lipinski definition) is 3. The molecule has 192 valence electrons. The van der Waals surface area contributed by atoms with E-state index in [2.05, 4.69) is 21.3 Å². The second-order valence-corrected chi connectivity index (χ2v) is 11.5. The number of likely N-dealkylation sites (tertiary alicyclic amines) is 1. The van der Waals surface area contributed by atoms with Gasteiger partial charge in [0, 0.05) is 49.2 Å². The summed E-state index contributed by atoms with van der Waals surface area (Å²) < 4.78 is 1.88. The zero-order valence-corrected chi connectivity index (χ0v) is 21.1. The summed E-state index contributed by atoms with van der Waals surface area (Å²) >= 11 is 0. The van der Waals surface area contributed by atoms with Crippen LogP contribution in [0.2, 0.25) is 0 Å². The first-order valence-corrected chi connectivity index (χ1v) is 13.6. The minimum atomic E-state index is -0.577. The Morgan fingerprint density at radius 1 is 1.06 bits per heavy atom. The molecule has 2 aromatic heterocycles. The number of fused-ring (bicyclic) bond motifs is 3. The summed E-state index contributed by atoms with van der Waals surface area (Å²) in [5.41, 5.74) is 1.21. The monoisotopic (exact) mass is 491 g/mol. The molecule has 8 nitrogen and oxygen atoms in total. The van der Waals surface area contributed by atoms with Crippen LogP contribution >= 0.6 is 0 Å². The number of anilines is 1. The summed E-state index contributed by atoms with van der Waals surface area (Å²) in [5.74, 6) is 1.28. The fourth-order valence-corrected chi connectivity index (χ4v) is 5.82. The smallest absolute Gasteiger partial charge is 0.260 e. The van der Waals surface area contributed by atoms with Crippen molar-refractivity contribution in [3.63, 3.8) is 0 Å². The molecule has 3 aromatic rings. The molecular formula is C28H37N5O3. The molecule has 1 aliphatic heterocycles. The van der Waals surface area contributed by atoms with Gasteiger partial charge < -0.3 is 15.5 Å². The van der Waals surface area contributed by atoms with Crippen LogP contribution in [0.1, 0.15) is 69.9 Å². The van der Waals surface area contributed by atoms with Gasteiger partial charge in [0.1, 0.15) is 5.65 Å². The molecule has 36 heavy (non-hydrogen) atoms. The molecule has 0 spiro atoms. The number of pyridine rings is 1. The third kappa shape index (κ3) is 4.86. The average molecular weight is 492 g/mol. The molecule has 3 fully saturated rings. The predicted molar refractivity (Wildman–Crippen MR) is 141 cm³/mol. The first-order valence-electron chi connectivity index (χ1n) is 13.6. The van der Waals surface area contributed by atoms with Crippen molar-refractivity contribution >= 4 is 27.8 Å². The summed E-state index contributed by atoms with van der Waals surface area (Å²) in [5, 5.41) is 26.2. The molecule has 2 saturated carbocycles. The lowest BCUT2D eigenvalue weighted by atomic mass is 9.92. The van der Waals surface area contributed by atoms with Gasteiger partial charge in [-0.3, -0.25) is 14.3 Å². The highest BCUT2D eigenvalue weighted by molar-refractivity contribution is 6.04. The predicted octanol–water partition coefficient (Wildman–Crippen LogP) is 3.59. The molecule has 3 aliphatic rings. The Morgan fingerprint density at radius 2 is 1.81 bits per heavy atom. The Hall–Kier alpha value is -2.55. The summed E-state index contributed by atoms with van der Waals surface area (Å²) in [4.78, 5) is 25.8. The van der Waals surface area contributed by atoms with Gasteiger partial charge in [-0.25, -0.2) is 4.98 Å². The van der Waals surface area contributed by atoms with Gasteiger partial charge >= 0.3 is 0 Å². The molecular weight excluding hydrogens is 454 g/mol. The average Bonchev–Trinajstić information content (AvgIpc) is 3.70. The van der Waals surface area contributed by atoms with Crippen molar-refractivity contribution in [3.05, 3.63) is 40.3 Å². The first kappa shape index (κ1) is 23.8. The van der Waals surface area contributed by atoms with Crippen molar-refractivity contribution in [2.45, 2.75) is 82.6 Å². The summed E-state index contributed by atoms with van der Waals surface area (Å²) in [7, 11) is 0. The van der Waals surface area contributed by atoms with Gasteiger partial charge in [-0.15, -0.1) is 0 Å². The van der Waals surface area contributed by atoms with E-state index in [4.69, 9.17) is 4.98 Å². The van der Waals surface area contributed by atoms with Crippen LogP contribution in [0, 0.1) is 5.92 Å². The Balaban J connectivity index is 1.40. The quantitative estimate of drug-likeness (QED) is 0.453. The van der Waals surface area contributed by atoms with E-state index in [1.165, 1.54) is 12.8 Å². The number of piperidine rings is 1. The van der Waals surface area contributed by atoms with Crippen molar-refractivity contribution in [1.82, 2.24) is 19.4 Å². The molecule has 6 rings (SSSR count). The van der Waals surface area contributed by atoms with E-state index in [0.29, 0.717) is 35.7 Å². The second kappa shape index (κ2) is 9.39. The standard InChI is InChI=1S/C28H37N5O3/c1-28(36)10-12-32(13-11-28)17-19-4-9-22-23(14-19)26(35)33(20-5-7-21(34)8-6-20)25-24(22)16-30-27(31-25)29-15-18-2-3-18/h4,9,14,16,18,20-21,34,36H,2-3,5-8,10-13,15,17H2,1H3,(H,29,30,31). The van der Waals surface area contributed by atoms with Gasteiger partial charge in [0.2, 0.25) is 5.95 Å². The fraction of sp³-hybridized carbons (Fsp3) is 0.607. The van der Waals surface area contributed by atoms with Gasteiger partial charge in [0.15, 0.2) is 0 Å². The maximum absolute atomic E-state index is 14.0. The second-order valence-electron chi connectivity index (χ2n) is 11.5. The molecule has 0 radical (unpaired) electrons. The summed E-state index contributed by atoms with van der Waals surface area (Å²) in [6.45, 7) is 5.24. The van der Waals surface area contributed by atoms with E-state index >= 15 is 0 Å². The Labute approximate surface area is 211 Å². The maximum Gasteiger partial charge on any atom is 0.260 e. The van der Waals surface area contributed by atoms with Crippen molar-refractivity contribution in [3.8, 4) is 0 Å². The van der Waals surface area contributed by atoms with Gasteiger partial charge in [-0.1, -0.05) is 12.1 Å². The number of benzene rings is 1. The van der Waals surface area contributed by atoms with E-state index in [-0.39, 0.29) is 17.7 Å². The Kier molecular flexibility index (Phi) is 6.22. The lowest BCUT2D eigenvalue weighted by Crippen LogP contribution is -2.41. The largest absolute Gasteiger partial charge is 0.393 e. The van der Waals surface area contributed by atoms with E-state index in [1.807, 2.05) is 29.8 Å². The molecule has 0 bridgehead atoms. The van der Waals surface area contributed by atoms with Crippen molar-refractivity contribution in [2.24, 2.45) is 5.92 Å². The van der Waals surface area contributed by atoms with Crippen LogP contribution in [0.4, 0.5) is 5.95 Å². The van der Waals surface area contributed by atoms with Gasteiger partial charge in [-0.2, -0.15) is 4.98 Å². The topological polar surface area (TPSA) is 104 Å². The van der Waals surface area contributed by atoms with Crippen LogP contribution in [-0.2, 0) is 6.54 Å². The zero-order valence-electron chi connectivity index (χ0n) is 21.1. The Bertz CT molecular complexity index is 1310. The van der Waals surface area contributed by atoms with Crippen LogP contribution in [0.15, 0.2) is 29.2 Å². The third-order valence-electron chi connectivity index (χ3n) is 8.44. The highest BCUT2D eigenvalue weighted by atomic mass is 16.3. The minimum Gasteiger partial charge on any atom is -0.393 e. The lowest BCUT2D eigenvalue weighted by Gasteiger charge is -2.35. The van der Waals surface area contributed by atoms with E-state index in [9.17, 15) is 15.0 Å². The normalized spacial score (nSPS) is 24.9. The minimum absolute atomic E-state index is 0.00541. The molecule has 2 aliphatic carbocycles. The zero-order chi connectivity index (χ0) is 24.9. The number of hydrogen-bond acceptors (Lipinski definition) is 7. The molecule has 0 amide bonds. The Morgan fingerprint density at radius 3 is 2.53 bits per heavy atom. The molecule has 3 N–H and O–H groups in total. The molecule has 1 saturated heterocycles. The number of nitrogens with zero attached hydrogens (tertiary/aromatic N) is 4. The van der Waals surface area contributed by atoms with E-state index in [0.717, 1.165) is 68.2 Å². The van der Waals surface area contributed by atoms with Crippen molar-refractivity contribution < 1.29 is 10.2 Å². The van der Waals surface area contributed by atoms with E-state index in [1.54, 1.807) is 0 Å². The molecule has 8 heteroatoms. The van der Waals surface area contributed by atoms with Gasteiger partial charge in [0.05, 0.1) is 11.7 Å². The van der Waals surface area contributed by atoms with Crippen LogP contribution < -0.4 is 10.9 Å². The van der Waals surface area contributed by atoms with E-state index < -0.39 is 5.60 Å². The highest BCUT2D eigenvalue weighted by Crippen LogP contribution is 2.33. The maximum atomic E-state index is 14.0. The van der Waals surface area contributed by atoms with Crippen LogP contribution in [0.3, 0.4) is 0 Å². The third-order valence-corrected chi connectivity index (χ3v) is 8.44. The number of aromatic nitrogens is 3. The number of aliphatic hydroxyl groups is 2. The summed E-state index contributed by atoms with van der Waals surface area (Å²) in [6.07, 6.45) is 8.54. The SMILES string of the molecule is CC1(O)CCN(Cc2ccc3c(c2)c(=O)n(C2CCC(O)CC2)c2nc(NCC4CC4)ncc32)CC1. The van der Waals surface area contributed by atoms with Gasteiger partial charge in [0.25, 0.3) is 5.56 Å².